The third-order valence-electron chi connectivity index (χ3n) is 2.61. The average Bonchev–Trinajstić information content (AvgIpc) is 2.37. The van der Waals surface area contributed by atoms with Crippen molar-refractivity contribution < 1.29 is 14.2 Å². The number of nitrogens with one attached hydrogen (secondary N) is 1. The fourth-order valence-corrected chi connectivity index (χ4v) is 1.79. The SMILES string of the molecule is CCOc1cc(=O)c2cc(OC)c(OC)cc2[nH]1. The first-order valence-electron chi connectivity index (χ1n) is 5.61. The topological polar surface area (TPSA) is 60.6 Å². The van der Waals surface area contributed by atoms with Gasteiger partial charge in [-0.05, 0) is 13.0 Å². The van der Waals surface area contributed by atoms with Crippen LogP contribution >= 0.6 is 0 Å². The standard InChI is InChI=1S/C13H15NO4/c1-4-18-13-7-10(15)8-5-11(16-2)12(17-3)6-9(8)14-13/h5-7H,4H2,1-3H3,(H,14,15). The number of hydrogen-bond acceptors (Lipinski definition) is 4. The molecule has 0 aliphatic carbocycles. The van der Waals surface area contributed by atoms with E-state index in [9.17, 15) is 4.79 Å². The first kappa shape index (κ1) is 12.3. The number of benzene rings is 1. The minimum Gasteiger partial charge on any atom is -0.493 e. The lowest BCUT2D eigenvalue weighted by Gasteiger charge is -2.10. The maximum absolute atomic E-state index is 11.9. The Balaban J connectivity index is 2.68. The van der Waals surface area contributed by atoms with Crippen molar-refractivity contribution >= 4 is 10.9 Å². The van der Waals surface area contributed by atoms with Gasteiger partial charge in [-0.2, -0.15) is 0 Å². The molecule has 0 atom stereocenters. The number of pyridine rings is 1. The Kier molecular flexibility index (Phi) is 3.41. The summed E-state index contributed by atoms with van der Waals surface area (Å²) in [6.45, 7) is 2.35. The van der Waals surface area contributed by atoms with Crippen LogP contribution in [0.1, 0.15) is 6.92 Å². The Hall–Kier alpha value is -2.17. The molecule has 0 radical (unpaired) electrons. The molecule has 0 unspecified atom stereocenters. The Morgan fingerprint density at radius 1 is 1.11 bits per heavy atom. The molecule has 18 heavy (non-hydrogen) atoms. The molecule has 0 spiro atoms. The molecule has 0 saturated carbocycles. The van der Waals surface area contributed by atoms with Crippen LogP contribution in [-0.2, 0) is 0 Å². The molecule has 5 nitrogen and oxygen atoms in total. The van der Waals surface area contributed by atoms with Crippen LogP contribution in [0.25, 0.3) is 10.9 Å². The number of hydrogen-bond donors (Lipinski definition) is 1. The van der Waals surface area contributed by atoms with E-state index in [2.05, 4.69) is 4.98 Å². The summed E-state index contributed by atoms with van der Waals surface area (Å²) in [5, 5.41) is 0.538. The maximum atomic E-state index is 11.9. The molecule has 1 heterocycles. The summed E-state index contributed by atoms with van der Waals surface area (Å²) in [6, 6.07) is 4.80. The molecule has 0 aliphatic rings. The normalized spacial score (nSPS) is 10.4. The Morgan fingerprint density at radius 3 is 2.39 bits per heavy atom. The van der Waals surface area contributed by atoms with Gasteiger partial charge in [0.05, 0.1) is 26.3 Å². The molecule has 0 saturated heterocycles. The second kappa shape index (κ2) is 5.00. The molecule has 0 bridgehead atoms. The number of rotatable bonds is 4. The van der Waals surface area contributed by atoms with Crippen molar-refractivity contribution in [3.05, 3.63) is 28.4 Å². The molecule has 2 aromatic rings. The van der Waals surface area contributed by atoms with Crippen LogP contribution in [0.5, 0.6) is 17.4 Å². The molecule has 96 valence electrons. The number of aromatic amines is 1. The van der Waals surface area contributed by atoms with Gasteiger partial charge in [0.25, 0.3) is 0 Å². The molecule has 1 aromatic heterocycles. The predicted molar refractivity (Wildman–Crippen MR) is 68.8 cm³/mol. The van der Waals surface area contributed by atoms with Crippen LogP contribution in [0.2, 0.25) is 0 Å². The van der Waals surface area contributed by atoms with Crippen molar-refractivity contribution in [2.24, 2.45) is 0 Å². The van der Waals surface area contributed by atoms with E-state index in [1.165, 1.54) is 13.2 Å². The summed E-state index contributed by atoms with van der Waals surface area (Å²) in [5.41, 5.74) is 0.539. The van der Waals surface area contributed by atoms with Crippen molar-refractivity contribution in [1.29, 1.82) is 0 Å². The van der Waals surface area contributed by atoms with Crippen LogP contribution in [-0.4, -0.2) is 25.8 Å². The fraction of sp³-hybridized carbons (Fsp3) is 0.308. The Bertz CT molecular complexity index is 618. The lowest BCUT2D eigenvalue weighted by molar-refractivity contribution is 0.327. The highest BCUT2D eigenvalue weighted by atomic mass is 16.5. The second-order valence-electron chi connectivity index (χ2n) is 3.68. The number of fused-ring (bicyclic) bond motifs is 1. The molecule has 1 aromatic carbocycles. The Labute approximate surface area is 104 Å². The monoisotopic (exact) mass is 249 g/mol. The van der Waals surface area contributed by atoms with E-state index in [-0.39, 0.29) is 5.43 Å². The van der Waals surface area contributed by atoms with Gasteiger partial charge in [-0.1, -0.05) is 0 Å². The van der Waals surface area contributed by atoms with Crippen LogP contribution in [0.3, 0.4) is 0 Å². The van der Waals surface area contributed by atoms with E-state index in [0.29, 0.717) is 34.9 Å². The molecule has 5 heteroatoms. The minimum atomic E-state index is -0.117. The third kappa shape index (κ3) is 2.11. The molecule has 0 amide bonds. The zero-order chi connectivity index (χ0) is 13.1. The fourth-order valence-electron chi connectivity index (χ4n) is 1.79. The zero-order valence-corrected chi connectivity index (χ0v) is 10.6. The molecular formula is C13H15NO4. The van der Waals surface area contributed by atoms with Crippen LogP contribution in [0, 0.1) is 0 Å². The summed E-state index contributed by atoms with van der Waals surface area (Å²) in [4.78, 5) is 15.0. The van der Waals surface area contributed by atoms with Gasteiger partial charge in [-0.25, -0.2) is 0 Å². The largest absolute Gasteiger partial charge is 0.493 e. The summed E-state index contributed by atoms with van der Waals surface area (Å²) in [5.74, 6) is 1.54. The van der Waals surface area contributed by atoms with Crippen LogP contribution in [0.15, 0.2) is 23.0 Å². The highest BCUT2D eigenvalue weighted by Gasteiger charge is 2.09. The van der Waals surface area contributed by atoms with E-state index < -0.39 is 0 Å². The molecule has 0 aliphatic heterocycles. The maximum Gasteiger partial charge on any atom is 0.195 e. The van der Waals surface area contributed by atoms with Crippen molar-refractivity contribution in [2.45, 2.75) is 6.92 Å². The van der Waals surface area contributed by atoms with E-state index in [1.807, 2.05) is 6.92 Å². The summed E-state index contributed by atoms with van der Waals surface area (Å²) < 4.78 is 15.7. The van der Waals surface area contributed by atoms with Gasteiger partial charge in [-0.3, -0.25) is 4.79 Å². The second-order valence-corrected chi connectivity index (χ2v) is 3.68. The molecule has 0 fully saturated rings. The quantitative estimate of drug-likeness (QED) is 0.899. The van der Waals surface area contributed by atoms with E-state index in [0.717, 1.165) is 0 Å². The molecule has 1 N–H and O–H groups in total. The van der Waals surface area contributed by atoms with E-state index in [4.69, 9.17) is 14.2 Å². The van der Waals surface area contributed by atoms with Gasteiger partial charge in [0.15, 0.2) is 22.8 Å². The van der Waals surface area contributed by atoms with Gasteiger partial charge in [0, 0.05) is 17.5 Å². The number of H-pyrrole nitrogens is 1. The van der Waals surface area contributed by atoms with Crippen molar-refractivity contribution in [3.8, 4) is 17.4 Å². The lowest BCUT2D eigenvalue weighted by Crippen LogP contribution is -2.05. The zero-order valence-electron chi connectivity index (χ0n) is 10.6. The summed E-state index contributed by atoms with van der Waals surface area (Å²) >= 11 is 0. The molecular weight excluding hydrogens is 234 g/mol. The van der Waals surface area contributed by atoms with Crippen molar-refractivity contribution in [2.75, 3.05) is 20.8 Å². The number of aromatic nitrogens is 1. The predicted octanol–water partition coefficient (Wildman–Crippen LogP) is 1.94. The smallest absolute Gasteiger partial charge is 0.195 e. The van der Waals surface area contributed by atoms with Gasteiger partial charge in [0.1, 0.15) is 0 Å². The van der Waals surface area contributed by atoms with Gasteiger partial charge < -0.3 is 19.2 Å². The van der Waals surface area contributed by atoms with E-state index in [1.54, 1.807) is 19.2 Å². The third-order valence-corrected chi connectivity index (χ3v) is 2.61. The van der Waals surface area contributed by atoms with Crippen LogP contribution in [0.4, 0.5) is 0 Å². The van der Waals surface area contributed by atoms with E-state index >= 15 is 0 Å². The van der Waals surface area contributed by atoms with Crippen LogP contribution < -0.4 is 19.6 Å². The molecule has 2 rings (SSSR count). The number of methoxy groups -OCH3 is 2. The average molecular weight is 249 g/mol. The highest BCUT2D eigenvalue weighted by molar-refractivity contribution is 5.83. The minimum absolute atomic E-state index is 0.117. The van der Waals surface area contributed by atoms with Crippen molar-refractivity contribution in [3.63, 3.8) is 0 Å². The summed E-state index contributed by atoms with van der Waals surface area (Å²) in [7, 11) is 3.08. The van der Waals surface area contributed by atoms with Gasteiger partial charge in [-0.15, -0.1) is 0 Å². The number of ether oxygens (including phenoxy) is 3. The van der Waals surface area contributed by atoms with Crippen molar-refractivity contribution in [1.82, 2.24) is 4.98 Å². The van der Waals surface area contributed by atoms with Gasteiger partial charge in [0.2, 0.25) is 0 Å². The van der Waals surface area contributed by atoms with Gasteiger partial charge >= 0.3 is 0 Å². The first-order chi connectivity index (χ1) is 8.69. The Morgan fingerprint density at radius 2 is 1.78 bits per heavy atom. The first-order valence-corrected chi connectivity index (χ1v) is 5.61. The highest BCUT2D eigenvalue weighted by Crippen LogP contribution is 2.30. The summed E-state index contributed by atoms with van der Waals surface area (Å²) in [6.07, 6.45) is 0. The lowest BCUT2D eigenvalue weighted by atomic mass is 10.2.